The maximum absolute atomic E-state index is 12.2. The van der Waals surface area contributed by atoms with Crippen molar-refractivity contribution in [3.8, 4) is 0 Å². The van der Waals surface area contributed by atoms with Gasteiger partial charge in [-0.05, 0) is 24.3 Å². The van der Waals surface area contributed by atoms with E-state index < -0.39 is 5.97 Å². The average Bonchev–Trinajstić information content (AvgIpc) is 2.53. The van der Waals surface area contributed by atoms with Crippen molar-refractivity contribution in [2.24, 2.45) is 0 Å². The summed E-state index contributed by atoms with van der Waals surface area (Å²) in [6.07, 6.45) is 1.33. The Hall–Kier alpha value is -2.69. The number of anilines is 1. The highest BCUT2D eigenvalue weighted by atomic mass is 16.5. The van der Waals surface area contributed by atoms with Crippen molar-refractivity contribution in [2.45, 2.75) is 0 Å². The fourth-order valence-electron chi connectivity index (χ4n) is 1.70. The molecule has 0 spiro atoms. The van der Waals surface area contributed by atoms with Crippen LogP contribution >= 0.6 is 0 Å². The van der Waals surface area contributed by atoms with Gasteiger partial charge in [0.1, 0.15) is 5.69 Å². The Kier molecular flexibility index (Phi) is 4.10. The number of carbonyl (C=O) groups is 2. The zero-order chi connectivity index (χ0) is 14.5. The van der Waals surface area contributed by atoms with E-state index in [4.69, 9.17) is 0 Å². The summed E-state index contributed by atoms with van der Waals surface area (Å²) < 4.78 is 4.58. The van der Waals surface area contributed by atoms with Gasteiger partial charge in [-0.2, -0.15) is 0 Å². The summed E-state index contributed by atoms with van der Waals surface area (Å²) in [4.78, 5) is 29.0. The van der Waals surface area contributed by atoms with Gasteiger partial charge >= 0.3 is 5.97 Å². The molecule has 0 aliphatic rings. The summed E-state index contributed by atoms with van der Waals surface area (Å²) in [6.45, 7) is 0. The van der Waals surface area contributed by atoms with Crippen molar-refractivity contribution >= 4 is 17.6 Å². The van der Waals surface area contributed by atoms with Crippen molar-refractivity contribution < 1.29 is 14.3 Å². The van der Waals surface area contributed by atoms with Crippen LogP contribution in [0.15, 0.2) is 48.7 Å². The number of benzene rings is 1. The third-order valence-corrected chi connectivity index (χ3v) is 2.85. The molecule has 0 bridgehead atoms. The zero-order valence-electron chi connectivity index (χ0n) is 11.2. The number of carbonyl (C=O) groups excluding carboxylic acids is 2. The van der Waals surface area contributed by atoms with E-state index in [-0.39, 0.29) is 11.6 Å². The molecule has 5 heteroatoms. The third-order valence-electron chi connectivity index (χ3n) is 2.85. The van der Waals surface area contributed by atoms with Gasteiger partial charge in [-0.3, -0.25) is 9.78 Å². The van der Waals surface area contributed by atoms with Crippen LogP contribution in [-0.2, 0) is 4.74 Å². The smallest absolute Gasteiger partial charge is 0.339 e. The molecular weight excluding hydrogens is 256 g/mol. The van der Waals surface area contributed by atoms with Crippen molar-refractivity contribution in [2.75, 3.05) is 19.1 Å². The van der Waals surface area contributed by atoms with Crippen LogP contribution in [0.1, 0.15) is 20.8 Å². The summed E-state index contributed by atoms with van der Waals surface area (Å²) in [6, 6.07) is 12.3. The number of rotatable bonds is 3. The number of pyridine rings is 1. The highest BCUT2D eigenvalue weighted by Gasteiger charge is 2.15. The second kappa shape index (κ2) is 5.97. The predicted octanol–water partition coefficient (Wildman–Crippen LogP) is 2.14. The van der Waals surface area contributed by atoms with Gasteiger partial charge in [-0.15, -0.1) is 0 Å². The van der Waals surface area contributed by atoms with Gasteiger partial charge in [0, 0.05) is 18.9 Å². The van der Waals surface area contributed by atoms with Crippen LogP contribution in [0.25, 0.3) is 0 Å². The molecule has 0 atom stereocenters. The third kappa shape index (κ3) is 2.83. The largest absolute Gasteiger partial charge is 0.465 e. The lowest BCUT2D eigenvalue weighted by Crippen LogP contribution is -2.27. The summed E-state index contributed by atoms with van der Waals surface area (Å²) in [5, 5.41) is 0. The van der Waals surface area contributed by atoms with Crippen LogP contribution in [0, 0.1) is 0 Å². The van der Waals surface area contributed by atoms with Crippen molar-refractivity contribution in [1.82, 2.24) is 4.98 Å². The molecule has 0 saturated carbocycles. The molecular formula is C15H14N2O3. The molecule has 2 aromatic rings. The number of ether oxygens (including phenoxy) is 1. The molecule has 5 nitrogen and oxygen atoms in total. The molecule has 0 unspecified atom stereocenters. The number of hydrogen-bond donors (Lipinski definition) is 0. The van der Waals surface area contributed by atoms with Gasteiger partial charge in [-0.1, -0.05) is 18.2 Å². The molecule has 20 heavy (non-hydrogen) atoms. The highest BCUT2D eigenvalue weighted by Crippen LogP contribution is 2.14. The summed E-state index contributed by atoms with van der Waals surface area (Å²) in [5.74, 6) is -0.722. The average molecular weight is 270 g/mol. The van der Waals surface area contributed by atoms with E-state index in [9.17, 15) is 9.59 Å². The van der Waals surface area contributed by atoms with Crippen molar-refractivity contribution in [1.29, 1.82) is 0 Å². The number of amides is 1. The van der Waals surface area contributed by atoms with E-state index in [0.717, 1.165) is 5.69 Å². The minimum Gasteiger partial charge on any atom is -0.465 e. The quantitative estimate of drug-likeness (QED) is 0.802. The van der Waals surface area contributed by atoms with Crippen LogP contribution in [0.3, 0.4) is 0 Å². The molecule has 0 fully saturated rings. The Balaban J connectivity index is 2.19. The fraction of sp³-hybridized carbons (Fsp3) is 0.133. The SMILES string of the molecule is COC(=O)c1ccc(C(=O)N(C)c2ccccc2)nc1. The maximum atomic E-state index is 12.2. The van der Waals surface area contributed by atoms with Gasteiger partial charge in [0.25, 0.3) is 5.91 Å². The van der Waals surface area contributed by atoms with E-state index >= 15 is 0 Å². The predicted molar refractivity (Wildman–Crippen MR) is 74.8 cm³/mol. The molecule has 1 aromatic heterocycles. The molecule has 0 saturated heterocycles. The van der Waals surface area contributed by atoms with Crippen LogP contribution < -0.4 is 4.90 Å². The molecule has 1 aromatic carbocycles. The summed E-state index contributed by atoms with van der Waals surface area (Å²) in [7, 11) is 2.97. The fourth-order valence-corrected chi connectivity index (χ4v) is 1.70. The van der Waals surface area contributed by atoms with E-state index in [2.05, 4.69) is 9.72 Å². The molecule has 0 N–H and O–H groups in total. The zero-order valence-corrected chi connectivity index (χ0v) is 11.2. The number of para-hydroxylation sites is 1. The standard InChI is InChI=1S/C15H14N2O3/c1-17(12-6-4-3-5-7-12)14(18)13-9-8-11(10-16-13)15(19)20-2/h3-10H,1-2H3. The first-order valence-electron chi connectivity index (χ1n) is 6.01. The molecule has 1 amide bonds. The van der Waals surface area contributed by atoms with Gasteiger partial charge in [0.15, 0.2) is 0 Å². The lowest BCUT2D eigenvalue weighted by molar-refractivity contribution is 0.0600. The maximum Gasteiger partial charge on any atom is 0.339 e. The van der Waals surface area contributed by atoms with E-state index in [0.29, 0.717) is 5.56 Å². The van der Waals surface area contributed by atoms with Crippen molar-refractivity contribution in [3.05, 3.63) is 59.9 Å². The molecule has 0 aliphatic carbocycles. The van der Waals surface area contributed by atoms with E-state index in [1.54, 1.807) is 7.05 Å². The van der Waals surface area contributed by atoms with Crippen LogP contribution in [0.2, 0.25) is 0 Å². The lowest BCUT2D eigenvalue weighted by atomic mass is 10.2. The van der Waals surface area contributed by atoms with Crippen LogP contribution in [0.5, 0.6) is 0 Å². The van der Waals surface area contributed by atoms with Crippen molar-refractivity contribution in [3.63, 3.8) is 0 Å². The lowest BCUT2D eigenvalue weighted by Gasteiger charge is -2.16. The minimum absolute atomic E-state index is 0.243. The number of methoxy groups -OCH3 is 1. The van der Waals surface area contributed by atoms with Gasteiger partial charge < -0.3 is 9.64 Å². The first kappa shape index (κ1) is 13.7. The van der Waals surface area contributed by atoms with Crippen LogP contribution in [-0.4, -0.2) is 31.0 Å². The second-order valence-electron chi connectivity index (χ2n) is 4.12. The Morgan fingerprint density at radius 1 is 1.10 bits per heavy atom. The van der Waals surface area contributed by atoms with Gasteiger partial charge in [0.2, 0.25) is 0 Å². The first-order chi connectivity index (χ1) is 9.63. The number of esters is 1. The topological polar surface area (TPSA) is 59.5 Å². The molecule has 0 aliphatic heterocycles. The van der Waals surface area contributed by atoms with Crippen LogP contribution in [0.4, 0.5) is 5.69 Å². The summed E-state index contributed by atoms with van der Waals surface area (Å²) >= 11 is 0. The minimum atomic E-state index is -0.479. The normalized spacial score (nSPS) is 9.90. The second-order valence-corrected chi connectivity index (χ2v) is 4.12. The van der Waals surface area contributed by atoms with Gasteiger partial charge in [0.05, 0.1) is 12.7 Å². The highest BCUT2D eigenvalue weighted by molar-refractivity contribution is 6.04. The Labute approximate surface area is 116 Å². The molecule has 2 rings (SSSR count). The number of nitrogens with zero attached hydrogens (tertiary/aromatic N) is 2. The Morgan fingerprint density at radius 2 is 1.80 bits per heavy atom. The molecule has 0 radical (unpaired) electrons. The molecule has 1 heterocycles. The number of hydrogen-bond acceptors (Lipinski definition) is 4. The Bertz CT molecular complexity index is 609. The Morgan fingerprint density at radius 3 is 2.35 bits per heavy atom. The van der Waals surface area contributed by atoms with E-state index in [1.807, 2.05) is 30.3 Å². The van der Waals surface area contributed by atoms with E-state index in [1.165, 1.54) is 30.3 Å². The van der Waals surface area contributed by atoms with Gasteiger partial charge in [-0.25, -0.2) is 4.79 Å². The first-order valence-corrected chi connectivity index (χ1v) is 6.01. The summed E-state index contributed by atoms with van der Waals surface area (Å²) in [5.41, 5.74) is 1.35. The number of aromatic nitrogens is 1. The monoisotopic (exact) mass is 270 g/mol. The molecule has 102 valence electrons.